The number of nitrogens with zero attached hydrogens (tertiary/aromatic N) is 3. The lowest BCUT2D eigenvalue weighted by Gasteiger charge is -2.20. The number of hydrogen-bond donors (Lipinski definition) is 1. The third-order valence-corrected chi connectivity index (χ3v) is 4.46. The van der Waals surface area contributed by atoms with Gasteiger partial charge in [0, 0.05) is 25.1 Å². The maximum Gasteiger partial charge on any atom is 0.292 e. The second kappa shape index (κ2) is 4.76. The van der Waals surface area contributed by atoms with E-state index in [-0.39, 0.29) is 17.7 Å². The Balaban J connectivity index is 1.94. The number of rotatable bonds is 2. The van der Waals surface area contributed by atoms with Crippen LogP contribution in [0.5, 0.6) is 0 Å². The molecule has 1 saturated carbocycles. The number of nitro groups is 1. The number of benzene rings is 1. The lowest BCUT2D eigenvalue weighted by molar-refractivity contribution is -0.384. The Labute approximate surface area is 116 Å². The van der Waals surface area contributed by atoms with Gasteiger partial charge in [-0.1, -0.05) is 0 Å². The predicted octanol–water partition coefficient (Wildman–Crippen LogP) is 1.67. The third kappa shape index (κ3) is 2.00. The highest BCUT2D eigenvalue weighted by atomic mass is 16.6. The molecule has 1 aliphatic carbocycles. The lowest BCUT2D eigenvalue weighted by Crippen LogP contribution is -2.25. The number of aliphatic hydroxyl groups excluding tert-OH is 1. The zero-order valence-corrected chi connectivity index (χ0v) is 10.9. The summed E-state index contributed by atoms with van der Waals surface area (Å²) in [6, 6.07) is 6.45. The zero-order valence-electron chi connectivity index (χ0n) is 10.9. The highest BCUT2D eigenvalue weighted by Gasteiger charge is 2.43. The molecule has 0 bridgehead atoms. The van der Waals surface area contributed by atoms with Crippen molar-refractivity contribution in [1.29, 1.82) is 5.26 Å². The number of nitro benzene ring substituents is 1. The van der Waals surface area contributed by atoms with Crippen LogP contribution in [0.1, 0.15) is 18.4 Å². The molecule has 1 N–H and O–H groups in total. The highest BCUT2D eigenvalue weighted by molar-refractivity contribution is 5.66. The van der Waals surface area contributed by atoms with Crippen LogP contribution in [0, 0.1) is 33.3 Å². The second-order valence-electron chi connectivity index (χ2n) is 5.55. The maximum absolute atomic E-state index is 11.1. The van der Waals surface area contributed by atoms with E-state index in [0.717, 1.165) is 19.4 Å². The van der Waals surface area contributed by atoms with Gasteiger partial charge in [-0.25, -0.2) is 0 Å². The monoisotopic (exact) mass is 273 g/mol. The fraction of sp³-hybridized carbons (Fsp3) is 0.500. The average molecular weight is 273 g/mol. The van der Waals surface area contributed by atoms with E-state index in [0.29, 0.717) is 23.7 Å². The summed E-state index contributed by atoms with van der Waals surface area (Å²) in [4.78, 5) is 12.7. The summed E-state index contributed by atoms with van der Waals surface area (Å²) in [5, 5.41) is 30.0. The average Bonchev–Trinajstić information content (AvgIpc) is 3.00. The van der Waals surface area contributed by atoms with Crippen LogP contribution in [0.15, 0.2) is 18.2 Å². The Bertz CT molecular complexity index is 596. The summed E-state index contributed by atoms with van der Waals surface area (Å²) in [6.07, 6.45) is 1.49. The topological polar surface area (TPSA) is 90.4 Å². The van der Waals surface area contributed by atoms with E-state index in [2.05, 4.69) is 0 Å². The van der Waals surface area contributed by atoms with Crippen molar-refractivity contribution in [1.82, 2.24) is 0 Å². The van der Waals surface area contributed by atoms with E-state index in [9.17, 15) is 15.2 Å². The largest absolute Gasteiger partial charge is 0.393 e. The molecule has 0 aromatic heterocycles. The van der Waals surface area contributed by atoms with Gasteiger partial charge in [0.1, 0.15) is 5.69 Å². The van der Waals surface area contributed by atoms with Gasteiger partial charge in [-0.15, -0.1) is 0 Å². The van der Waals surface area contributed by atoms with E-state index in [1.54, 1.807) is 6.07 Å². The molecule has 2 fully saturated rings. The van der Waals surface area contributed by atoms with Crippen molar-refractivity contribution < 1.29 is 10.0 Å². The van der Waals surface area contributed by atoms with Crippen molar-refractivity contribution in [2.24, 2.45) is 11.8 Å². The SMILES string of the molecule is N#Cc1ccc([N+](=O)[O-])c(N2CC3CCC(O)C3C2)c1. The van der Waals surface area contributed by atoms with E-state index in [4.69, 9.17) is 5.26 Å². The van der Waals surface area contributed by atoms with Crippen LogP contribution in [0.3, 0.4) is 0 Å². The minimum atomic E-state index is -0.416. The van der Waals surface area contributed by atoms with Crippen LogP contribution >= 0.6 is 0 Å². The first kappa shape index (κ1) is 12.9. The Morgan fingerprint density at radius 3 is 2.85 bits per heavy atom. The van der Waals surface area contributed by atoms with Crippen LogP contribution < -0.4 is 4.90 Å². The summed E-state index contributed by atoms with van der Waals surface area (Å²) in [5.41, 5.74) is 0.942. The van der Waals surface area contributed by atoms with Crippen molar-refractivity contribution in [3.05, 3.63) is 33.9 Å². The van der Waals surface area contributed by atoms with Crippen LogP contribution in [0.25, 0.3) is 0 Å². The number of hydrogen-bond acceptors (Lipinski definition) is 5. The number of fused-ring (bicyclic) bond motifs is 1. The molecule has 1 aromatic rings. The van der Waals surface area contributed by atoms with Crippen LogP contribution in [-0.2, 0) is 0 Å². The van der Waals surface area contributed by atoms with E-state index in [1.165, 1.54) is 12.1 Å². The van der Waals surface area contributed by atoms with Crippen LogP contribution in [0.4, 0.5) is 11.4 Å². The summed E-state index contributed by atoms with van der Waals surface area (Å²) in [7, 11) is 0. The van der Waals surface area contributed by atoms with Crippen molar-refractivity contribution in [2.75, 3.05) is 18.0 Å². The van der Waals surface area contributed by atoms with Crippen LogP contribution in [-0.4, -0.2) is 29.2 Å². The molecule has 1 aromatic carbocycles. The van der Waals surface area contributed by atoms with Gasteiger partial charge in [-0.05, 0) is 30.9 Å². The Kier molecular flexibility index (Phi) is 3.07. The minimum absolute atomic E-state index is 0.0264. The molecular weight excluding hydrogens is 258 g/mol. The molecule has 3 atom stereocenters. The molecule has 0 amide bonds. The number of anilines is 1. The molecule has 104 valence electrons. The molecule has 1 saturated heterocycles. The first-order valence-electron chi connectivity index (χ1n) is 6.71. The summed E-state index contributed by atoms with van der Waals surface area (Å²) >= 11 is 0. The van der Waals surface area contributed by atoms with Gasteiger partial charge < -0.3 is 10.0 Å². The molecule has 3 rings (SSSR count). The lowest BCUT2D eigenvalue weighted by atomic mass is 10.00. The molecule has 6 heteroatoms. The summed E-state index contributed by atoms with van der Waals surface area (Å²) < 4.78 is 0. The molecule has 20 heavy (non-hydrogen) atoms. The highest BCUT2D eigenvalue weighted by Crippen LogP contribution is 2.42. The molecular formula is C14H15N3O3. The molecule has 0 spiro atoms. The molecule has 1 aliphatic heterocycles. The van der Waals surface area contributed by atoms with Crippen molar-refractivity contribution in [3.8, 4) is 6.07 Å². The standard InChI is InChI=1S/C14H15N3O3/c15-6-9-1-3-12(17(19)20)13(5-9)16-7-10-2-4-14(18)11(10)8-16/h1,3,5,10-11,14,18H,2,4,7-8H2. The van der Waals surface area contributed by atoms with Gasteiger partial charge in [-0.2, -0.15) is 5.26 Å². The smallest absolute Gasteiger partial charge is 0.292 e. The quantitative estimate of drug-likeness (QED) is 0.654. The first-order valence-corrected chi connectivity index (χ1v) is 6.71. The molecule has 2 aliphatic rings. The van der Waals surface area contributed by atoms with Crippen molar-refractivity contribution >= 4 is 11.4 Å². The van der Waals surface area contributed by atoms with Crippen molar-refractivity contribution in [3.63, 3.8) is 0 Å². The van der Waals surface area contributed by atoms with Crippen molar-refractivity contribution in [2.45, 2.75) is 18.9 Å². The Morgan fingerprint density at radius 2 is 2.20 bits per heavy atom. The minimum Gasteiger partial charge on any atom is -0.393 e. The number of aliphatic hydroxyl groups is 1. The van der Waals surface area contributed by atoms with Gasteiger partial charge in [0.05, 0.1) is 22.7 Å². The third-order valence-electron chi connectivity index (χ3n) is 4.46. The van der Waals surface area contributed by atoms with Crippen LogP contribution in [0.2, 0.25) is 0 Å². The van der Waals surface area contributed by atoms with E-state index < -0.39 is 4.92 Å². The van der Waals surface area contributed by atoms with E-state index in [1.807, 2.05) is 11.0 Å². The predicted molar refractivity (Wildman–Crippen MR) is 72.2 cm³/mol. The fourth-order valence-corrected chi connectivity index (χ4v) is 3.43. The molecule has 6 nitrogen and oxygen atoms in total. The van der Waals surface area contributed by atoms with Gasteiger partial charge in [0.25, 0.3) is 5.69 Å². The number of nitriles is 1. The molecule has 3 unspecified atom stereocenters. The van der Waals surface area contributed by atoms with Gasteiger partial charge in [0.15, 0.2) is 0 Å². The summed E-state index contributed by atoms with van der Waals surface area (Å²) in [5.74, 6) is 0.593. The summed E-state index contributed by atoms with van der Waals surface area (Å²) in [6.45, 7) is 1.35. The maximum atomic E-state index is 11.1. The Hall–Kier alpha value is -2.13. The second-order valence-corrected chi connectivity index (χ2v) is 5.55. The first-order chi connectivity index (χ1) is 9.60. The molecule has 1 heterocycles. The van der Waals surface area contributed by atoms with Gasteiger partial charge in [0.2, 0.25) is 0 Å². The normalized spacial score (nSPS) is 28.2. The fourth-order valence-electron chi connectivity index (χ4n) is 3.43. The molecule has 0 radical (unpaired) electrons. The Morgan fingerprint density at radius 1 is 1.40 bits per heavy atom. The van der Waals surface area contributed by atoms with E-state index >= 15 is 0 Å². The van der Waals surface area contributed by atoms with Gasteiger partial charge in [-0.3, -0.25) is 10.1 Å². The zero-order chi connectivity index (χ0) is 14.3. The van der Waals surface area contributed by atoms with Gasteiger partial charge >= 0.3 is 0 Å².